The van der Waals surface area contributed by atoms with Crippen LogP contribution in [0.1, 0.15) is 27.0 Å². The predicted octanol–water partition coefficient (Wildman–Crippen LogP) is 3.03. The first-order valence-electron chi connectivity index (χ1n) is 7.65. The molecule has 0 bridgehead atoms. The average Bonchev–Trinajstić information content (AvgIpc) is 2.54. The first kappa shape index (κ1) is 16.2. The van der Waals surface area contributed by atoms with Gasteiger partial charge in [0.05, 0.1) is 0 Å². The van der Waals surface area contributed by atoms with E-state index in [1.54, 1.807) is 4.90 Å². The van der Waals surface area contributed by atoms with Gasteiger partial charge in [-0.3, -0.25) is 4.79 Å². The normalized spacial score (nSPS) is 10.5. The summed E-state index contributed by atoms with van der Waals surface area (Å²) in [6, 6.07) is 16.2. The number of rotatable bonds is 6. The maximum atomic E-state index is 12.7. The van der Waals surface area contributed by atoms with Crippen molar-refractivity contribution < 1.29 is 4.79 Å². The third kappa shape index (κ3) is 4.18. The zero-order chi connectivity index (χ0) is 15.9. The monoisotopic (exact) mass is 296 g/mol. The molecule has 0 unspecified atom stereocenters. The second-order valence-corrected chi connectivity index (χ2v) is 5.66. The number of aryl methyl sites for hydroxylation is 1. The van der Waals surface area contributed by atoms with Crippen molar-refractivity contribution in [2.75, 3.05) is 20.6 Å². The molecule has 2 rings (SSSR count). The summed E-state index contributed by atoms with van der Waals surface area (Å²) in [5, 5.41) is 3.13. The highest BCUT2D eigenvalue weighted by atomic mass is 16.2. The van der Waals surface area contributed by atoms with Gasteiger partial charge in [0, 0.05) is 19.2 Å². The number of hydrogen-bond acceptors (Lipinski definition) is 2. The molecule has 3 nitrogen and oxygen atoms in total. The van der Waals surface area contributed by atoms with E-state index in [0.29, 0.717) is 6.54 Å². The fourth-order valence-electron chi connectivity index (χ4n) is 2.45. The van der Waals surface area contributed by atoms with E-state index in [1.807, 2.05) is 38.4 Å². The van der Waals surface area contributed by atoms with E-state index in [2.05, 4.69) is 36.5 Å². The van der Waals surface area contributed by atoms with Gasteiger partial charge >= 0.3 is 0 Å². The highest BCUT2D eigenvalue weighted by molar-refractivity contribution is 5.95. The zero-order valence-corrected chi connectivity index (χ0v) is 13.6. The minimum absolute atomic E-state index is 0.0762. The lowest BCUT2D eigenvalue weighted by atomic mass is 10.0. The molecule has 2 aromatic rings. The van der Waals surface area contributed by atoms with Crippen LogP contribution < -0.4 is 5.32 Å². The van der Waals surface area contributed by atoms with Crippen molar-refractivity contribution >= 4 is 5.91 Å². The largest absolute Gasteiger partial charge is 0.337 e. The number of carbonyl (C=O) groups excluding carboxylic acids is 1. The molecule has 0 aromatic heterocycles. The van der Waals surface area contributed by atoms with Crippen LogP contribution in [0.4, 0.5) is 0 Å². The maximum Gasteiger partial charge on any atom is 0.254 e. The van der Waals surface area contributed by atoms with Crippen molar-refractivity contribution in [2.24, 2.45) is 0 Å². The molecule has 3 heteroatoms. The molecule has 1 N–H and O–H groups in total. The highest BCUT2D eigenvalue weighted by Crippen LogP contribution is 2.14. The molecular formula is C19H24N2O. The minimum atomic E-state index is 0.0762. The summed E-state index contributed by atoms with van der Waals surface area (Å²) in [6.07, 6.45) is 0.858. The Kier molecular flexibility index (Phi) is 5.73. The average molecular weight is 296 g/mol. The highest BCUT2D eigenvalue weighted by Gasteiger charge is 2.15. The van der Waals surface area contributed by atoms with E-state index in [9.17, 15) is 4.79 Å². The van der Waals surface area contributed by atoms with Crippen LogP contribution >= 0.6 is 0 Å². The first-order valence-corrected chi connectivity index (χ1v) is 7.65. The van der Waals surface area contributed by atoms with Crippen LogP contribution in [0.5, 0.6) is 0 Å². The minimum Gasteiger partial charge on any atom is -0.337 e. The maximum absolute atomic E-state index is 12.7. The van der Waals surface area contributed by atoms with E-state index in [1.165, 1.54) is 5.56 Å². The quantitative estimate of drug-likeness (QED) is 0.888. The van der Waals surface area contributed by atoms with E-state index in [4.69, 9.17) is 0 Å². The zero-order valence-electron chi connectivity index (χ0n) is 13.6. The molecule has 0 fully saturated rings. The van der Waals surface area contributed by atoms with Gasteiger partial charge in [-0.1, -0.05) is 48.0 Å². The fourth-order valence-corrected chi connectivity index (χ4v) is 2.45. The molecule has 1 amide bonds. The second-order valence-electron chi connectivity index (χ2n) is 5.66. The Morgan fingerprint density at radius 1 is 1.09 bits per heavy atom. The summed E-state index contributed by atoms with van der Waals surface area (Å²) >= 11 is 0. The van der Waals surface area contributed by atoms with E-state index >= 15 is 0 Å². The summed E-state index contributed by atoms with van der Waals surface area (Å²) in [5.74, 6) is 0.0762. The molecule has 0 aliphatic rings. The molecule has 0 saturated heterocycles. The van der Waals surface area contributed by atoms with Crippen molar-refractivity contribution in [3.63, 3.8) is 0 Å². The third-order valence-corrected chi connectivity index (χ3v) is 3.78. The van der Waals surface area contributed by atoms with Gasteiger partial charge in [-0.15, -0.1) is 0 Å². The Hall–Kier alpha value is -2.13. The number of carbonyl (C=O) groups is 1. The Bertz CT molecular complexity index is 620. The molecule has 0 heterocycles. The molecule has 116 valence electrons. The van der Waals surface area contributed by atoms with E-state index in [0.717, 1.165) is 29.7 Å². The molecule has 2 aromatic carbocycles. The lowest BCUT2D eigenvalue weighted by Crippen LogP contribution is -2.27. The van der Waals surface area contributed by atoms with Crippen molar-refractivity contribution in [2.45, 2.75) is 19.9 Å². The molecule has 0 saturated carbocycles. The van der Waals surface area contributed by atoms with E-state index in [-0.39, 0.29) is 5.91 Å². The van der Waals surface area contributed by atoms with Gasteiger partial charge in [0.1, 0.15) is 0 Å². The SMILES string of the molecule is CNCCc1ccccc1C(=O)N(C)Cc1ccc(C)cc1. The van der Waals surface area contributed by atoms with Crippen LogP contribution in [0.15, 0.2) is 48.5 Å². The Morgan fingerprint density at radius 3 is 2.45 bits per heavy atom. The molecule has 0 aliphatic heterocycles. The first-order chi connectivity index (χ1) is 10.6. The van der Waals surface area contributed by atoms with Crippen molar-refractivity contribution in [3.8, 4) is 0 Å². The van der Waals surface area contributed by atoms with Gasteiger partial charge < -0.3 is 10.2 Å². The van der Waals surface area contributed by atoms with Crippen LogP contribution in [0.25, 0.3) is 0 Å². The smallest absolute Gasteiger partial charge is 0.254 e. The van der Waals surface area contributed by atoms with E-state index < -0.39 is 0 Å². The van der Waals surface area contributed by atoms with Gasteiger partial charge in [-0.25, -0.2) is 0 Å². The van der Waals surface area contributed by atoms with Gasteiger partial charge in [0.2, 0.25) is 0 Å². The van der Waals surface area contributed by atoms with Gasteiger partial charge in [0.15, 0.2) is 0 Å². The fraction of sp³-hybridized carbons (Fsp3) is 0.316. The van der Waals surface area contributed by atoms with Crippen LogP contribution in [-0.4, -0.2) is 31.4 Å². The van der Waals surface area contributed by atoms with Crippen LogP contribution in [0.2, 0.25) is 0 Å². The lowest BCUT2D eigenvalue weighted by Gasteiger charge is -2.19. The van der Waals surface area contributed by atoms with Gasteiger partial charge in [0.25, 0.3) is 5.91 Å². The van der Waals surface area contributed by atoms with Crippen LogP contribution in [0.3, 0.4) is 0 Å². The molecule has 0 atom stereocenters. The molecule has 0 spiro atoms. The van der Waals surface area contributed by atoms with Crippen LogP contribution in [0, 0.1) is 6.92 Å². The molecule has 0 radical (unpaired) electrons. The van der Waals surface area contributed by atoms with Gasteiger partial charge in [-0.05, 0) is 44.1 Å². The summed E-state index contributed by atoms with van der Waals surface area (Å²) in [6.45, 7) is 3.56. The third-order valence-electron chi connectivity index (χ3n) is 3.78. The Balaban J connectivity index is 2.11. The Morgan fingerprint density at radius 2 is 1.77 bits per heavy atom. The lowest BCUT2D eigenvalue weighted by molar-refractivity contribution is 0.0784. The number of nitrogens with zero attached hydrogens (tertiary/aromatic N) is 1. The summed E-state index contributed by atoms with van der Waals surface area (Å²) in [5.41, 5.74) is 4.27. The van der Waals surface area contributed by atoms with Crippen molar-refractivity contribution in [1.29, 1.82) is 0 Å². The summed E-state index contributed by atoms with van der Waals surface area (Å²) in [4.78, 5) is 14.5. The number of benzene rings is 2. The summed E-state index contributed by atoms with van der Waals surface area (Å²) in [7, 11) is 3.78. The number of nitrogens with one attached hydrogen (secondary N) is 1. The molecule has 0 aliphatic carbocycles. The number of amides is 1. The summed E-state index contributed by atoms with van der Waals surface area (Å²) < 4.78 is 0. The van der Waals surface area contributed by atoms with Crippen molar-refractivity contribution in [1.82, 2.24) is 10.2 Å². The molecule has 22 heavy (non-hydrogen) atoms. The topological polar surface area (TPSA) is 32.3 Å². The van der Waals surface area contributed by atoms with Crippen molar-refractivity contribution in [3.05, 3.63) is 70.8 Å². The van der Waals surface area contributed by atoms with Crippen LogP contribution in [-0.2, 0) is 13.0 Å². The predicted molar refractivity (Wildman–Crippen MR) is 91.0 cm³/mol. The Labute approximate surface area is 133 Å². The van der Waals surface area contributed by atoms with Gasteiger partial charge in [-0.2, -0.15) is 0 Å². The number of hydrogen-bond donors (Lipinski definition) is 1. The second kappa shape index (κ2) is 7.76. The standard InChI is InChI=1S/C19H24N2O/c1-15-8-10-16(11-9-15)14-21(3)19(22)18-7-5-4-6-17(18)12-13-20-2/h4-11,20H,12-14H2,1-3H3. The number of likely N-dealkylation sites (N-methyl/N-ethyl adjacent to an activating group) is 1. The molecular weight excluding hydrogens is 272 g/mol.